The Balaban J connectivity index is 2.09. The van der Waals surface area contributed by atoms with E-state index in [2.05, 4.69) is 40.6 Å². The monoisotopic (exact) mass is 234 g/mol. The van der Waals surface area contributed by atoms with Gasteiger partial charge in [0.15, 0.2) is 0 Å². The van der Waals surface area contributed by atoms with Crippen LogP contribution in [0.3, 0.4) is 0 Å². The first-order chi connectivity index (χ1) is 8.83. The number of nitrogens with zero attached hydrogens (tertiary/aromatic N) is 1. The zero-order valence-corrected chi connectivity index (χ0v) is 10.2. The fourth-order valence-corrected chi connectivity index (χ4v) is 2.06. The molecule has 1 heterocycles. The maximum absolute atomic E-state index is 4.33. The van der Waals surface area contributed by atoms with Crippen LogP contribution >= 0.6 is 0 Å². The van der Waals surface area contributed by atoms with Crippen molar-refractivity contribution in [3.8, 4) is 0 Å². The predicted molar refractivity (Wildman–Crippen MR) is 76.2 cm³/mol. The third-order valence-corrected chi connectivity index (χ3v) is 2.95. The van der Waals surface area contributed by atoms with Crippen LogP contribution in [-0.4, -0.2) is 4.98 Å². The van der Waals surface area contributed by atoms with Gasteiger partial charge in [-0.25, -0.2) is 0 Å². The van der Waals surface area contributed by atoms with E-state index in [0.717, 1.165) is 22.5 Å². The predicted octanol–water partition coefficient (Wildman–Crippen LogP) is 4.29. The van der Waals surface area contributed by atoms with E-state index in [0.29, 0.717) is 0 Å². The Morgan fingerprint density at radius 3 is 2.61 bits per heavy atom. The molecule has 0 aliphatic carbocycles. The van der Waals surface area contributed by atoms with Crippen molar-refractivity contribution in [2.45, 2.75) is 6.92 Å². The maximum Gasteiger partial charge on any atom is 0.0465 e. The number of para-hydroxylation sites is 1. The van der Waals surface area contributed by atoms with Crippen LogP contribution in [0.25, 0.3) is 10.8 Å². The highest BCUT2D eigenvalue weighted by molar-refractivity contribution is 5.95. The third kappa shape index (κ3) is 2.05. The van der Waals surface area contributed by atoms with Gasteiger partial charge in [0.2, 0.25) is 0 Å². The minimum atomic E-state index is 1.03. The molecule has 1 aromatic heterocycles. The van der Waals surface area contributed by atoms with E-state index in [1.807, 2.05) is 37.4 Å². The lowest BCUT2D eigenvalue weighted by Crippen LogP contribution is -1.92. The summed E-state index contributed by atoms with van der Waals surface area (Å²) in [6.07, 6.45) is 1.92. The minimum absolute atomic E-state index is 1.03. The molecule has 2 heteroatoms. The van der Waals surface area contributed by atoms with Gasteiger partial charge in [0, 0.05) is 34.0 Å². The van der Waals surface area contributed by atoms with Crippen molar-refractivity contribution in [1.29, 1.82) is 0 Å². The summed E-state index contributed by atoms with van der Waals surface area (Å²) in [5.74, 6) is 0. The average molecular weight is 234 g/mol. The van der Waals surface area contributed by atoms with Gasteiger partial charge in [0.05, 0.1) is 0 Å². The molecular weight excluding hydrogens is 220 g/mol. The van der Waals surface area contributed by atoms with Crippen LogP contribution in [0.5, 0.6) is 0 Å². The number of hydrogen-bond acceptors (Lipinski definition) is 2. The average Bonchev–Trinajstić information content (AvgIpc) is 2.41. The molecule has 0 saturated heterocycles. The maximum atomic E-state index is 4.33. The van der Waals surface area contributed by atoms with Gasteiger partial charge in [-0.05, 0) is 31.2 Å². The first-order valence-corrected chi connectivity index (χ1v) is 6.00. The highest BCUT2D eigenvalue weighted by Gasteiger charge is 2.01. The molecule has 0 saturated carbocycles. The summed E-state index contributed by atoms with van der Waals surface area (Å²) in [6.45, 7) is 2.01. The molecule has 0 fully saturated rings. The van der Waals surface area contributed by atoms with Gasteiger partial charge in [0.1, 0.15) is 0 Å². The van der Waals surface area contributed by atoms with Crippen molar-refractivity contribution in [3.63, 3.8) is 0 Å². The molecule has 0 bridgehead atoms. The number of fused-ring (bicyclic) bond motifs is 1. The zero-order chi connectivity index (χ0) is 12.4. The standard InChI is InChI=1S/C16H14N2/c1-12-10-15-13(11-17-12)6-5-9-16(15)18-14-7-3-2-4-8-14/h2-11,18H,1H3. The van der Waals surface area contributed by atoms with Crippen molar-refractivity contribution in [2.75, 3.05) is 5.32 Å². The third-order valence-electron chi connectivity index (χ3n) is 2.95. The van der Waals surface area contributed by atoms with E-state index >= 15 is 0 Å². The number of pyridine rings is 1. The molecule has 0 amide bonds. The van der Waals surface area contributed by atoms with Crippen LogP contribution in [0.4, 0.5) is 11.4 Å². The highest BCUT2D eigenvalue weighted by Crippen LogP contribution is 2.26. The summed E-state index contributed by atoms with van der Waals surface area (Å²) in [5, 5.41) is 5.80. The van der Waals surface area contributed by atoms with Gasteiger partial charge in [-0.3, -0.25) is 4.98 Å². The number of rotatable bonds is 2. The molecule has 3 aromatic rings. The largest absolute Gasteiger partial charge is 0.355 e. The quantitative estimate of drug-likeness (QED) is 0.715. The fourth-order valence-electron chi connectivity index (χ4n) is 2.06. The number of aryl methyl sites for hydroxylation is 1. The number of hydrogen-bond donors (Lipinski definition) is 1. The second-order valence-electron chi connectivity index (χ2n) is 4.34. The molecule has 0 aliphatic heterocycles. The van der Waals surface area contributed by atoms with Gasteiger partial charge in [-0.2, -0.15) is 0 Å². The van der Waals surface area contributed by atoms with Crippen LogP contribution in [0.15, 0.2) is 60.8 Å². The van der Waals surface area contributed by atoms with Crippen molar-refractivity contribution < 1.29 is 0 Å². The Hall–Kier alpha value is -2.35. The Labute approximate surface area is 106 Å². The summed E-state index contributed by atoms with van der Waals surface area (Å²) < 4.78 is 0. The molecule has 0 radical (unpaired) electrons. The Morgan fingerprint density at radius 2 is 1.78 bits per heavy atom. The van der Waals surface area contributed by atoms with Crippen LogP contribution in [0.2, 0.25) is 0 Å². The van der Waals surface area contributed by atoms with Crippen LogP contribution < -0.4 is 5.32 Å². The Kier molecular flexibility index (Phi) is 2.69. The van der Waals surface area contributed by atoms with Crippen LogP contribution in [0, 0.1) is 6.92 Å². The van der Waals surface area contributed by atoms with Crippen LogP contribution in [-0.2, 0) is 0 Å². The van der Waals surface area contributed by atoms with Gasteiger partial charge < -0.3 is 5.32 Å². The fraction of sp³-hybridized carbons (Fsp3) is 0.0625. The van der Waals surface area contributed by atoms with Crippen molar-refractivity contribution in [3.05, 3.63) is 66.5 Å². The lowest BCUT2D eigenvalue weighted by atomic mass is 10.1. The zero-order valence-electron chi connectivity index (χ0n) is 10.2. The highest BCUT2D eigenvalue weighted by atomic mass is 14.9. The summed E-state index contributed by atoms with van der Waals surface area (Å²) in [4.78, 5) is 4.33. The summed E-state index contributed by atoms with van der Waals surface area (Å²) in [7, 11) is 0. The molecule has 88 valence electrons. The van der Waals surface area contributed by atoms with Gasteiger partial charge in [-0.1, -0.05) is 30.3 Å². The Morgan fingerprint density at radius 1 is 0.944 bits per heavy atom. The normalized spacial score (nSPS) is 10.5. The van der Waals surface area contributed by atoms with E-state index in [1.165, 1.54) is 5.39 Å². The molecule has 1 N–H and O–H groups in total. The van der Waals surface area contributed by atoms with Crippen molar-refractivity contribution >= 4 is 22.1 Å². The minimum Gasteiger partial charge on any atom is -0.355 e. The number of benzene rings is 2. The van der Waals surface area contributed by atoms with E-state index in [-0.39, 0.29) is 0 Å². The van der Waals surface area contributed by atoms with E-state index in [4.69, 9.17) is 0 Å². The molecule has 3 rings (SSSR count). The number of anilines is 2. The Bertz CT molecular complexity index is 675. The SMILES string of the molecule is Cc1cc2c(Nc3ccccc3)cccc2cn1. The smallest absolute Gasteiger partial charge is 0.0465 e. The van der Waals surface area contributed by atoms with E-state index in [1.54, 1.807) is 0 Å². The summed E-state index contributed by atoms with van der Waals surface area (Å²) in [6, 6.07) is 18.5. The summed E-state index contributed by atoms with van der Waals surface area (Å²) >= 11 is 0. The van der Waals surface area contributed by atoms with E-state index in [9.17, 15) is 0 Å². The van der Waals surface area contributed by atoms with Gasteiger partial charge in [0.25, 0.3) is 0 Å². The molecule has 0 aliphatic rings. The first-order valence-electron chi connectivity index (χ1n) is 6.00. The molecule has 0 unspecified atom stereocenters. The van der Waals surface area contributed by atoms with Crippen LogP contribution in [0.1, 0.15) is 5.69 Å². The number of aromatic nitrogens is 1. The lowest BCUT2D eigenvalue weighted by Gasteiger charge is -2.10. The molecular formula is C16H14N2. The molecule has 2 nitrogen and oxygen atoms in total. The van der Waals surface area contributed by atoms with Crippen molar-refractivity contribution in [2.24, 2.45) is 0 Å². The topological polar surface area (TPSA) is 24.9 Å². The van der Waals surface area contributed by atoms with E-state index < -0.39 is 0 Å². The van der Waals surface area contributed by atoms with Gasteiger partial charge in [-0.15, -0.1) is 0 Å². The molecule has 0 spiro atoms. The molecule has 18 heavy (non-hydrogen) atoms. The van der Waals surface area contributed by atoms with Gasteiger partial charge >= 0.3 is 0 Å². The summed E-state index contributed by atoms with van der Waals surface area (Å²) in [5.41, 5.74) is 3.24. The lowest BCUT2D eigenvalue weighted by molar-refractivity contribution is 1.22. The van der Waals surface area contributed by atoms with Crippen molar-refractivity contribution in [1.82, 2.24) is 4.98 Å². The second kappa shape index (κ2) is 4.49. The number of nitrogens with one attached hydrogen (secondary N) is 1. The molecule has 2 aromatic carbocycles. The molecule has 0 atom stereocenters. The second-order valence-corrected chi connectivity index (χ2v) is 4.34. The first kappa shape index (κ1) is 10.8.